The molecule has 1 aromatic rings. The molecule has 1 aromatic carbocycles. The van der Waals surface area contributed by atoms with Gasteiger partial charge in [0.25, 0.3) is 0 Å². The van der Waals surface area contributed by atoms with E-state index in [9.17, 15) is 0 Å². The Balaban J connectivity index is 3.08. The maximum atomic E-state index is 5.77. The van der Waals surface area contributed by atoms with Crippen molar-refractivity contribution in [3.63, 3.8) is 0 Å². The molecule has 0 aliphatic rings. The average Bonchev–Trinajstić information content (AvgIpc) is 2.69. The van der Waals surface area contributed by atoms with Crippen LogP contribution in [0.2, 0.25) is 0 Å². The van der Waals surface area contributed by atoms with Crippen LogP contribution in [0.3, 0.4) is 0 Å². The summed E-state index contributed by atoms with van der Waals surface area (Å²) in [6.45, 7) is 20.0. The molecule has 6 N–H and O–H groups in total. The van der Waals surface area contributed by atoms with Crippen LogP contribution in [0.15, 0.2) is 83.9 Å². The highest BCUT2D eigenvalue weighted by Gasteiger charge is 2.11. The van der Waals surface area contributed by atoms with Crippen LogP contribution in [0.5, 0.6) is 0 Å². The molecule has 0 saturated carbocycles. The van der Waals surface area contributed by atoms with Gasteiger partial charge in [0, 0.05) is 17.4 Å². The molecule has 0 aliphatic heterocycles. The lowest BCUT2D eigenvalue weighted by molar-refractivity contribution is 0.673. The highest BCUT2D eigenvalue weighted by atomic mass is 15.2. The predicted octanol–water partition coefficient (Wildman–Crippen LogP) is 4.46. The first-order valence-electron chi connectivity index (χ1n) is 9.32. The second-order valence-electron chi connectivity index (χ2n) is 6.58. The fraction of sp³-hybridized carbons (Fsp3) is 0.261. The van der Waals surface area contributed by atoms with Gasteiger partial charge in [0.2, 0.25) is 0 Å². The van der Waals surface area contributed by atoms with Gasteiger partial charge >= 0.3 is 0 Å². The van der Waals surface area contributed by atoms with E-state index < -0.39 is 0 Å². The van der Waals surface area contributed by atoms with Crippen molar-refractivity contribution in [3.05, 3.63) is 90.1 Å². The first-order chi connectivity index (χ1) is 13.2. The first-order valence-corrected chi connectivity index (χ1v) is 9.32. The van der Waals surface area contributed by atoms with Crippen LogP contribution < -0.4 is 22.3 Å². The number of benzene rings is 1. The zero-order valence-electron chi connectivity index (χ0n) is 17.5. The van der Waals surface area contributed by atoms with Gasteiger partial charge in [-0.05, 0) is 50.0 Å². The van der Waals surface area contributed by atoms with E-state index >= 15 is 0 Å². The number of nitrogens with zero attached hydrogens (tertiary/aromatic N) is 1. The van der Waals surface area contributed by atoms with E-state index in [1.807, 2.05) is 19.9 Å². The number of hydrogen-bond acceptors (Lipinski definition) is 5. The fourth-order valence-corrected chi connectivity index (χ4v) is 2.44. The van der Waals surface area contributed by atoms with Crippen molar-refractivity contribution in [2.45, 2.75) is 40.2 Å². The summed E-state index contributed by atoms with van der Waals surface area (Å²) in [6.07, 6.45) is 4.58. The lowest BCUT2D eigenvalue weighted by Crippen LogP contribution is -2.27. The van der Waals surface area contributed by atoms with E-state index in [1.54, 1.807) is 6.08 Å². The summed E-state index contributed by atoms with van der Waals surface area (Å²) in [5.74, 6) is 5.54. The standard InChI is InChI=1S/C23H33N5/c1-8-15(3)20-10-12-21(13-11-20)18(6)27-19(7)23(26-16(4)9-2)14-22(28-25)17(5)24/h9-14,18,27-28H,3,5,7-8,24-25H2,1-2,4,6H3/b16-9+,22-14-,26-23+/t18-/m0/s1. The predicted molar refractivity (Wildman–Crippen MR) is 122 cm³/mol. The van der Waals surface area contributed by atoms with Gasteiger partial charge in [0.1, 0.15) is 0 Å². The fourth-order valence-electron chi connectivity index (χ4n) is 2.44. The van der Waals surface area contributed by atoms with Gasteiger partial charge in [-0.1, -0.05) is 57.0 Å². The van der Waals surface area contributed by atoms with Crippen LogP contribution in [0.4, 0.5) is 0 Å². The molecule has 1 rings (SSSR count). The molecule has 0 aliphatic carbocycles. The zero-order valence-corrected chi connectivity index (χ0v) is 17.5. The topological polar surface area (TPSA) is 88.5 Å². The smallest absolute Gasteiger partial charge is 0.0879 e. The monoisotopic (exact) mass is 379 g/mol. The minimum Gasteiger partial charge on any atom is -0.397 e. The van der Waals surface area contributed by atoms with E-state index in [0.717, 1.165) is 28.8 Å². The Morgan fingerprint density at radius 3 is 2.29 bits per heavy atom. The van der Waals surface area contributed by atoms with Crippen LogP contribution in [0.25, 0.3) is 5.57 Å². The van der Waals surface area contributed by atoms with Crippen molar-refractivity contribution < 1.29 is 0 Å². The minimum atomic E-state index is 0.0383. The molecule has 5 heteroatoms. The van der Waals surface area contributed by atoms with E-state index in [1.165, 1.54) is 0 Å². The van der Waals surface area contributed by atoms with Gasteiger partial charge in [-0.15, -0.1) is 0 Å². The minimum absolute atomic E-state index is 0.0383. The molecule has 0 fully saturated rings. The lowest BCUT2D eigenvalue weighted by Gasteiger charge is -2.19. The summed E-state index contributed by atoms with van der Waals surface area (Å²) in [5, 5.41) is 3.40. The van der Waals surface area contributed by atoms with Gasteiger partial charge in [-0.3, -0.25) is 10.8 Å². The van der Waals surface area contributed by atoms with Gasteiger partial charge in [0.05, 0.1) is 17.1 Å². The van der Waals surface area contributed by atoms with Crippen LogP contribution in [-0.2, 0) is 0 Å². The Morgan fingerprint density at radius 1 is 1.21 bits per heavy atom. The SMILES string of the molecule is C=C(N)/C(=C/C(=N\C(C)=C\C)C(=C)N[C@@H](C)c1ccc(C(=C)CC)cc1)NN. The molecule has 28 heavy (non-hydrogen) atoms. The number of allylic oxidation sites excluding steroid dienone is 4. The normalized spacial score (nSPS) is 13.7. The molecule has 0 aromatic heterocycles. The molecule has 0 spiro atoms. The van der Waals surface area contributed by atoms with Crippen molar-refractivity contribution >= 4 is 11.3 Å². The van der Waals surface area contributed by atoms with E-state index in [4.69, 9.17) is 11.6 Å². The summed E-state index contributed by atoms with van der Waals surface area (Å²) < 4.78 is 0. The van der Waals surface area contributed by atoms with Crippen LogP contribution >= 0.6 is 0 Å². The molecule has 150 valence electrons. The van der Waals surface area contributed by atoms with E-state index in [-0.39, 0.29) is 6.04 Å². The van der Waals surface area contributed by atoms with Crippen molar-refractivity contribution in [1.82, 2.24) is 10.7 Å². The second-order valence-corrected chi connectivity index (χ2v) is 6.58. The number of nitrogens with two attached hydrogens (primary N) is 2. The molecule has 5 nitrogen and oxygen atoms in total. The molecule has 0 radical (unpaired) electrons. The zero-order chi connectivity index (χ0) is 21.3. The van der Waals surface area contributed by atoms with Gasteiger partial charge in [-0.2, -0.15) is 0 Å². The van der Waals surface area contributed by atoms with Crippen molar-refractivity contribution in [1.29, 1.82) is 0 Å². The number of aliphatic imine (C=N–C) groups is 1. The van der Waals surface area contributed by atoms with Crippen LogP contribution in [0.1, 0.15) is 51.3 Å². The molecule has 0 saturated heterocycles. The summed E-state index contributed by atoms with van der Waals surface area (Å²) >= 11 is 0. The Hall–Kier alpha value is -3.05. The summed E-state index contributed by atoms with van der Waals surface area (Å²) in [6, 6.07) is 8.42. The molecule has 0 amide bonds. The highest BCUT2D eigenvalue weighted by molar-refractivity contribution is 6.08. The van der Waals surface area contributed by atoms with Crippen molar-refractivity contribution in [3.8, 4) is 0 Å². The molecule has 1 atom stereocenters. The van der Waals surface area contributed by atoms with E-state index in [0.29, 0.717) is 22.8 Å². The maximum absolute atomic E-state index is 5.77. The number of rotatable bonds is 10. The summed E-state index contributed by atoms with van der Waals surface area (Å²) in [4.78, 5) is 4.60. The summed E-state index contributed by atoms with van der Waals surface area (Å²) in [5.41, 5.74) is 14.7. The largest absolute Gasteiger partial charge is 0.397 e. The summed E-state index contributed by atoms with van der Waals surface area (Å²) in [7, 11) is 0. The average molecular weight is 380 g/mol. The molecular formula is C23H33N5. The Labute approximate surface area is 169 Å². The van der Waals surface area contributed by atoms with Crippen molar-refractivity contribution in [2.75, 3.05) is 0 Å². The van der Waals surface area contributed by atoms with E-state index in [2.05, 4.69) is 73.6 Å². The number of nitrogens with one attached hydrogen (secondary N) is 2. The quantitative estimate of drug-likeness (QED) is 0.209. The van der Waals surface area contributed by atoms with Gasteiger partial charge in [-0.25, -0.2) is 0 Å². The molecule has 0 bridgehead atoms. The van der Waals surface area contributed by atoms with Gasteiger partial charge in [0.15, 0.2) is 0 Å². The molecular weight excluding hydrogens is 346 g/mol. The maximum Gasteiger partial charge on any atom is 0.0879 e. The Kier molecular flexibility index (Phi) is 8.99. The Bertz CT molecular complexity index is 810. The van der Waals surface area contributed by atoms with Crippen LogP contribution in [0, 0.1) is 0 Å². The van der Waals surface area contributed by atoms with Crippen molar-refractivity contribution in [2.24, 2.45) is 16.6 Å². The Morgan fingerprint density at radius 2 is 1.82 bits per heavy atom. The lowest BCUT2D eigenvalue weighted by atomic mass is 10.0. The number of hydrogen-bond donors (Lipinski definition) is 4. The third kappa shape index (κ3) is 6.59. The highest BCUT2D eigenvalue weighted by Crippen LogP contribution is 2.20. The van der Waals surface area contributed by atoms with Crippen LogP contribution in [-0.4, -0.2) is 5.71 Å². The number of hydrazine groups is 1. The third-order valence-electron chi connectivity index (χ3n) is 4.44. The molecule has 0 unspecified atom stereocenters. The van der Waals surface area contributed by atoms with Gasteiger partial charge < -0.3 is 16.5 Å². The molecule has 0 heterocycles. The second kappa shape index (κ2) is 10.9. The first kappa shape index (κ1) is 23.0. The third-order valence-corrected chi connectivity index (χ3v) is 4.44.